The Balaban J connectivity index is 1.62. The highest BCUT2D eigenvalue weighted by Crippen LogP contribution is 2.38. The summed E-state index contributed by atoms with van der Waals surface area (Å²) in [7, 11) is 0. The molecule has 1 aromatic heterocycles. The van der Waals surface area contributed by atoms with Gasteiger partial charge in [-0.1, -0.05) is 29.3 Å². The van der Waals surface area contributed by atoms with E-state index in [0.29, 0.717) is 13.1 Å². The first-order chi connectivity index (χ1) is 14.6. The van der Waals surface area contributed by atoms with Crippen LogP contribution in [-0.4, -0.2) is 40.0 Å². The van der Waals surface area contributed by atoms with E-state index < -0.39 is 5.91 Å². The van der Waals surface area contributed by atoms with Crippen LogP contribution in [0.5, 0.6) is 0 Å². The fraction of sp³-hybridized carbons (Fsp3) is 0.348. The molecular formula is C23H24ClN3O3. The molecule has 30 heavy (non-hydrogen) atoms. The first kappa shape index (κ1) is 20.6. The van der Waals surface area contributed by atoms with E-state index in [2.05, 4.69) is 12.1 Å². The molecule has 2 N–H and O–H groups in total. The maximum absolute atomic E-state index is 12.4. The van der Waals surface area contributed by atoms with E-state index >= 15 is 0 Å². The number of hydrogen-bond acceptors (Lipinski definition) is 4. The highest BCUT2D eigenvalue weighted by Gasteiger charge is 2.26. The number of hydrogen-bond donors (Lipinski definition) is 2. The van der Waals surface area contributed by atoms with E-state index in [9.17, 15) is 9.59 Å². The minimum atomic E-state index is -0.542. The number of hydroxylamine groups is 1. The third kappa shape index (κ3) is 4.25. The van der Waals surface area contributed by atoms with Gasteiger partial charge in [0.15, 0.2) is 0 Å². The molecule has 2 aliphatic rings. The fourth-order valence-electron chi connectivity index (χ4n) is 4.34. The van der Waals surface area contributed by atoms with Crippen LogP contribution in [-0.2, 0) is 22.4 Å². The van der Waals surface area contributed by atoms with Gasteiger partial charge in [-0.2, -0.15) is 0 Å². The van der Waals surface area contributed by atoms with E-state index in [0.717, 1.165) is 36.4 Å². The SMILES string of the molecule is O=C(CCC(=O)N1CCC(=C2c3ccc(Cl)cc3CCc3cccnc32)CC1)NO. The first-order valence-corrected chi connectivity index (χ1v) is 10.6. The number of amides is 2. The molecule has 1 saturated heterocycles. The Labute approximate surface area is 180 Å². The van der Waals surface area contributed by atoms with Crippen molar-refractivity contribution in [3.8, 4) is 0 Å². The molecule has 2 heterocycles. The summed E-state index contributed by atoms with van der Waals surface area (Å²) in [6, 6.07) is 10.2. The number of carbonyl (C=O) groups excluding carboxylic acids is 2. The van der Waals surface area contributed by atoms with Gasteiger partial charge in [0.25, 0.3) is 0 Å². The molecule has 6 nitrogen and oxygen atoms in total. The smallest absolute Gasteiger partial charge is 0.243 e. The van der Waals surface area contributed by atoms with Gasteiger partial charge in [-0.15, -0.1) is 0 Å². The molecule has 1 aromatic carbocycles. The number of likely N-dealkylation sites (tertiary alicyclic amines) is 1. The summed E-state index contributed by atoms with van der Waals surface area (Å²) in [4.78, 5) is 30.1. The number of pyridine rings is 1. The number of nitrogens with zero attached hydrogens (tertiary/aromatic N) is 2. The number of aromatic nitrogens is 1. The quantitative estimate of drug-likeness (QED) is 0.582. The van der Waals surface area contributed by atoms with Crippen LogP contribution in [0, 0.1) is 0 Å². The summed E-state index contributed by atoms with van der Waals surface area (Å²) in [5.74, 6) is -0.603. The maximum atomic E-state index is 12.4. The first-order valence-electron chi connectivity index (χ1n) is 10.2. The molecular weight excluding hydrogens is 402 g/mol. The number of aryl methyl sites for hydroxylation is 2. The van der Waals surface area contributed by atoms with Crippen LogP contribution in [0.15, 0.2) is 42.1 Å². The van der Waals surface area contributed by atoms with E-state index in [1.165, 1.54) is 27.8 Å². The van der Waals surface area contributed by atoms with Gasteiger partial charge in [-0.25, -0.2) is 5.48 Å². The summed E-state index contributed by atoms with van der Waals surface area (Å²) >= 11 is 6.27. The molecule has 1 aliphatic heterocycles. The van der Waals surface area contributed by atoms with E-state index in [1.807, 2.05) is 24.4 Å². The van der Waals surface area contributed by atoms with Gasteiger partial charge in [0.05, 0.1) is 5.69 Å². The molecule has 2 aromatic rings. The van der Waals surface area contributed by atoms with Crippen LogP contribution in [0.2, 0.25) is 5.02 Å². The highest BCUT2D eigenvalue weighted by molar-refractivity contribution is 6.30. The third-order valence-electron chi connectivity index (χ3n) is 5.89. The van der Waals surface area contributed by atoms with Crippen LogP contribution in [0.1, 0.15) is 48.1 Å². The lowest BCUT2D eigenvalue weighted by atomic mass is 9.88. The minimum absolute atomic E-state index is 0.00872. The largest absolute Gasteiger partial charge is 0.342 e. The van der Waals surface area contributed by atoms with Crippen LogP contribution >= 0.6 is 11.6 Å². The van der Waals surface area contributed by atoms with Crippen molar-refractivity contribution in [2.75, 3.05) is 13.1 Å². The predicted octanol–water partition coefficient (Wildman–Crippen LogP) is 3.54. The van der Waals surface area contributed by atoms with Crippen molar-refractivity contribution in [3.63, 3.8) is 0 Å². The monoisotopic (exact) mass is 425 g/mol. The second-order valence-corrected chi connectivity index (χ2v) is 8.14. The second-order valence-electron chi connectivity index (χ2n) is 7.71. The van der Waals surface area contributed by atoms with Crippen LogP contribution < -0.4 is 5.48 Å². The van der Waals surface area contributed by atoms with Gasteiger partial charge in [-0.05, 0) is 60.6 Å². The van der Waals surface area contributed by atoms with Crippen molar-refractivity contribution >= 4 is 29.0 Å². The number of benzene rings is 1. The Morgan fingerprint density at radius 3 is 2.60 bits per heavy atom. The zero-order valence-electron chi connectivity index (χ0n) is 16.7. The van der Waals surface area contributed by atoms with Gasteiger partial charge in [0, 0.05) is 42.7 Å². The Morgan fingerprint density at radius 1 is 1.07 bits per heavy atom. The summed E-state index contributed by atoms with van der Waals surface area (Å²) in [6.45, 7) is 1.23. The van der Waals surface area contributed by atoms with Crippen molar-refractivity contribution in [1.82, 2.24) is 15.4 Å². The standard InChI is InChI=1S/C23H24ClN3O3/c24-18-5-6-19-17(14-18)4-3-16-2-1-11-25-23(16)22(19)15-9-12-27(13-10-15)21(29)8-7-20(28)26-30/h1-2,5-6,11,14,30H,3-4,7-10,12-13H2,(H,26,28). The van der Waals surface area contributed by atoms with E-state index in [1.54, 1.807) is 10.4 Å². The molecule has 1 aliphatic carbocycles. The number of piperidine rings is 1. The molecule has 0 bridgehead atoms. The molecule has 7 heteroatoms. The Kier molecular flexibility index (Phi) is 6.16. The zero-order valence-corrected chi connectivity index (χ0v) is 17.4. The lowest BCUT2D eigenvalue weighted by Crippen LogP contribution is -2.37. The Hall–Kier alpha value is -2.70. The third-order valence-corrected chi connectivity index (χ3v) is 6.13. The minimum Gasteiger partial charge on any atom is -0.342 e. The van der Waals surface area contributed by atoms with Gasteiger partial charge in [0.2, 0.25) is 11.8 Å². The lowest BCUT2D eigenvalue weighted by Gasteiger charge is -2.30. The van der Waals surface area contributed by atoms with Gasteiger partial charge in [0.1, 0.15) is 0 Å². The molecule has 4 rings (SSSR count). The van der Waals surface area contributed by atoms with Gasteiger partial charge < -0.3 is 4.90 Å². The second kappa shape index (κ2) is 8.98. The Bertz CT molecular complexity index is 1010. The van der Waals surface area contributed by atoms with Crippen molar-refractivity contribution in [1.29, 1.82) is 0 Å². The molecule has 0 atom stereocenters. The molecule has 1 fully saturated rings. The Morgan fingerprint density at radius 2 is 1.83 bits per heavy atom. The summed E-state index contributed by atoms with van der Waals surface area (Å²) < 4.78 is 0. The molecule has 0 unspecified atom stereocenters. The lowest BCUT2D eigenvalue weighted by molar-refractivity contribution is -0.136. The number of halogens is 1. The molecule has 156 valence electrons. The highest BCUT2D eigenvalue weighted by atomic mass is 35.5. The van der Waals surface area contributed by atoms with Gasteiger partial charge >= 0.3 is 0 Å². The topological polar surface area (TPSA) is 82.5 Å². The summed E-state index contributed by atoms with van der Waals surface area (Å²) in [5.41, 5.74) is 8.75. The van der Waals surface area contributed by atoms with Crippen molar-refractivity contribution < 1.29 is 14.8 Å². The predicted molar refractivity (Wildman–Crippen MR) is 114 cm³/mol. The molecule has 0 radical (unpaired) electrons. The van der Waals surface area contributed by atoms with Crippen molar-refractivity contribution in [2.24, 2.45) is 0 Å². The summed E-state index contributed by atoms with van der Waals surface area (Å²) in [5, 5.41) is 9.33. The van der Waals surface area contributed by atoms with E-state index in [-0.39, 0.29) is 18.7 Å². The van der Waals surface area contributed by atoms with Gasteiger partial charge in [-0.3, -0.25) is 19.8 Å². The molecule has 0 saturated carbocycles. The fourth-order valence-corrected chi connectivity index (χ4v) is 4.54. The van der Waals surface area contributed by atoms with Crippen LogP contribution in [0.25, 0.3) is 5.57 Å². The maximum Gasteiger partial charge on any atom is 0.243 e. The van der Waals surface area contributed by atoms with E-state index in [4.69, 9.17) is 21.8 Å². The van der Waals surface area contributed by atoms with Crippen molar-refractivity contribution in [2.45, 2.75) is 38.5 Å². The number of carbonyl (C=O) groups is 2. The average Bonchev–Trinajstić information content (AvgIpc) is 2.94. The number of nitrogens with one attached hydrogen (secondary N) is 1. The normalized spacial score (nSPS) is 15.9. The number of fused-ring (bicyclic) bond motifs is 2. The molecule has 0 spiro atoms. The van der Waals surface area contributed by atoms with Crippen LogP contribution in [0.3, 0.4) is 0 Å². The average molecular weight is 426 g/mol. The molecule has 2 amide bonds. The summed E-state index contributed by atoms with van der Waals surface area (Å²) in [6.07, 6.45) is 5.31. The van der Waals surface area contributed by atoms with Crippen LogP contribution in [0.4, 0.5) is 0 Å². The number of rotatable bonds is 3. The zero-order chi connectivity index (χ0) is 21.1. The van der Waals surface area contributed by atoms with Crippen molar-refractivity contribution in [3.05, 3.63) is 69.5 Å².